The van der Waals surface area contributed by atoms with E-state index in [2.05, 4.69) is 22.9 Å². The third-order valence-electron chi connectivity index (χ3n) is 5.54. The molecule has 5 heteroatoms. The smallest absolute Gasteiger partial charge is 0.222 e. The number of carbonyl (C=O) groups excluding carboxylic acids is 1. The Morgan fingerprint density at radius 1 is 1.17 bits per heavy atom. The first-order valence-corrected chi connectivity index (χ1v) is 8.44. The molecule has 0 aromatic heterocycles. The van der Waals surface area contributed by atoms with Crippen LogP contribution in [0.3, 0.4) is 0 Å². The van der Waals surface area contributed by atoms with Gasteiger partial charge in [-0.3, -0.25) is 14.6 Å². The zero-order valence-electron chi connectivity index (χ0n) is 14.2. The first kappa shape index (κ1) is 16.3. The van der Waals surface area contributed by atoms with E-state index in [1.165, 1.54) is 0 Å². The van der Waals surface area contributed by atoms with E-state index in [9.17, 15) is 9.90 Å². The zero-order chi connectivity index (χ0) is 16.4. The Morgan fingerprint density at radius 3 is 2.78 bits per heavy atom. The fourth-order valence-electron chi connectivity index (χ4n) is 3.89. The number of likely N-dealkylation sites (tertiary alicyclic amines) is 1. The van der Waals surface area contributed by atoms with Crippen molar-refractivity contribution in [2.75, 3.05) is 40.3 Å². The molecule has 1 amide bonds. The van der Waals surface area contributed by atoms with Gasteiger partial charge >= 0.3 is 0 Å². The van der Waals surface area contributed by atoms with Gasteiger partial charge in [-0.05, 0) is 37.6 Å². The molecule has 2 aliphatic heterocycles. The van der Waals surface area contributed by atoms with Crippen LogP contribution < -0.4 is 0 Å². The molecule has 1 atom stereocenters. The van der Waals surface area contributed by atoms with Crippen molar-refractivity contribution in [3.05, 3.63) is 29.8 Å². The molecule has 1 unspecified atom stereocenters. The van der Waals surface area contributed by atoms with Crippen LogP contribution in [0.25, 0.3) is 0 Å². The van der Waals surface area contributed by atoms with Gasteiger partial charge in [0.1, 0.15) is 5.75 Å². The SMILES string of the molecule is CN1CCC2(CCC1=O)CN(Cc1cccc(O)c1)CCN2C. The topological polar surface area (TPSA) is 47.0 Å². The molecule has 1 aromatic rings. The van der Waals surface area contributed by atoms with E-state index in [1.807, 2.05) is 24.1 Å². The minimum atomic E-state index is 0.0928. The van der Waals surface area contributed by atoms with Gasteiger partial charge in [0.15, 0.2) is 0 Å². The van der Waals surface area contributed by atoms with Gasteiger partial charge in [-0.1, -0.05) is 12.1 Å². The van der Waals surface area contributed by atoms with Gasteiger partial charge in [-0.25, -0.2) is 0 Å². The van der Waals surface area contributed by atoms with Crippen LogP contribution in [0.4, 0.5) is 0 Å². The summed E-state index contributed by atoms with van der Waals surface area (Å²) < 4.78 is 0. The number of benzene rings is 1. The lowest BCUT2D eigenvalue weighted by molar-refractivity contribution is -0.129. The van der Waals surface area contributed by atoms with Crippen LogP contribution in [0.5, 0.6) is 5.75 Å². The minimum absolute atomic E-state index is 0.0928. The summed E-state index contributed by atoms with van der Waals surface area (Å²) in [6.07, 6.45) is 2.60. The molecule has 1 aromatic carbocycles. The van der Waals surface area contributed by atoms with Crippen LogP contribution in [0, 0.1) is 0 Å². The molecule has 2 fully saturated rings. The Labute approximate surface area is 138 Å². The Morgan fingerprint density at radius 2 is 2.00 bits per heavy atom. The second-order valence-corrected chi connectivity index (χ2v) is 7.09. The van der Waals surface area contributed by atoms with E-state index in [0.717, 1.165) is 51.1 Å². The second kappa shape index (κ2) is 6.49. The fourth-order valence-corrected chi connectivity index (χ4v) is 3.89. The van der Waals surface area contributed by atoms with Crippen molar-refractivity contribution in [1.29, 1.82) is 0 Å². The highest BCUT2D eigenvalue weighted by Crippen LogP contribution is 2.32. The monoisotopic (exact) mass is 317 g/mol. The molecule has 3 rings (SSSR count). The van der Waals surface area contributed by atoms with Crippen LogP contribution in [-0.4, -0.2) is 71.5 Å². The van der Waals surface area contributed by atoms with Crippen molar-refractivity contribution in [2.45, 2.75) is 31.3 Å². The van der Waals surface area contributed by atoms with Crippen LogP contribution in [-0.2, 0) is 11.3 Å². The Kier molecular flexibility index (Phi) is 4.60. The maximum atomic E-state index is 12.0. The molecule has 1 spiro atoms. The van der Waals surface area contributed by atoms with Crippen LogP contribution in [0.15, 0.2) is 24.3 Å². The molecule has 2 aliphatic rings. The standard InChI is InChI=1S/C18H27N3O2/c1-19-9-8-18(7-6-17(19)23)14-21(11-10-20(18)2)13-15-4-3-5-16(22)12-15/h3-5,12,22H,6-11,13-14H2,1-2H3. The molecule has 2 saturated heterocycles. The van der Waals surface area contributed by atoms with Crippen molar-refractivity contribution in [2.24, 2.45) is 0 Å². The normalized spacial score (nSPS) is 27.4. The Balaban J connectivity index is 1.72. The van der Waals surface area contributed by atoms with Crippen molar-refractivity contribution in [3.63, 3.8) is 0 Å². The highest BCUT2D eigenvalue weighted by molar-refractivity contribution is 5.76. The molecule has 23 heavy (non-hydrogen) atoms. The number of hydrogen-bond donors (Lipinski definition) is 1. The zero-order valence-corrected chi connectivity index (χ0v) is 14.2. The summed E-state index contributed by atoms with van der Waals surface area (Å²) in [6.45, 7) is 4.73. The van der Waals surface area contributed by atoms with Gasteiger partial charge in [0.25, 0.3) is 0 Å². The summed E-state index contributed by atoms with van der Waals surface area (Å²) in [4.78, 5) is 18.8. The van der Waals surface area contributed by atoms with Gasteiger partial charge in [0.2, 0.25) is 5.91 Å². The van der Waals surface area contributed by atoms with Crippen molar-refractivity contribution in [1.82, 2.24) is 14.7 Å². The van der Waals surface area contributed by atoms with Crippen LogP contribution >= 0.6 is 0 Å². The molecule has 1 N–H and O–H groups in total. The lowest BCUT2D eigenvalue weighted by Gasteiger charge is -2.49. The average Bonchev–Trinajstić information content (AvgIpc) is 2.66. The number of likely N-dealkylation sites (N-methyl/N-ethyl adjacent to an activating group) is 1. The number of phenolic OH excluding ortho intramolecular Hbond substituents is 1. The summed E-state index contributed by atoms with van der Waals surface area (Å²) in [6, 6.07) is 7.52. The average molecular weight is 317 g/mol. The second-order valence-electron chi connectivity index (χ2n) is 7.09. The predicted octanol–water partition coefficient (Wildman–Crippen LogP) is 1.52. The van der Waals surface area contributed by atoms with Gasteiger partial charge in [-0.2, -0.15) is 0 Å². The summed E-state index contributed by atoms with van der Waals surface area (Å²) in [5.41, 5.74) is 1.24. The summed E-state index contributed by atoms with van der Waals surface area (Å²) in [5, 5.41) is 9.65. The maximum absolute atomic E-state index is 12.0. The van der Waals surface area contributed by atoms with E-state index < -0.39 is 0 Å². The number of amides is 1. The molecule has 126 valence electrons. The third kappa shape index (κ3) is 3.51. The number of carbonyl (C=O) groups is 1. The molecular weight excluding hydrogens is 290 g/mol. The largest absolute Gasteiger partial charge is 0.508 e. The summed E-state index contributed by atoms with van der Waals surface area (Å²) >= 11 is 0. The number of piperazine rings is 1. The molecule has 2 heterocycles. The quantitative estimate of drug-likeness (QED) is 0.898. The summed E-state index contributed by atoms with van der Waals surface area (Å²) in [5.74, 6) is 0.591. The van der Waals surface area contributed by atoms with E-state index in [1.54, 1.807) is 6.07 Å². The van der Waals surface area contributed by atoms with Crippen molar-refractivity contribution >= 4 is 5.91 Å². The van der Waals surface area contributed by atoms with E-state index >= 15 is 0 Å². The highest BCUT2D eigenvalue weighted by Gasteiger charge is 2.41. The van der Waals surface area contributed by atoms with Gasteiger partial charge < -0.3 is 10.0 Å². The predicted molar refractivity (Wildman–Crippen MR) is 90.2 cm³/mol. The maximum Gasteiger partial charge on any atom is 0.222 e. The molecule has 0 bridgehead atoms. The lowest BCUT2D eigenvalue weighted by atomic mass is 9.86. The molecule has 0 aliphatic carbocycles. The number of nitrogens with zero attached hydrogens (tertiary/aromatic N) is 3. The molecule has 5 nitrogen and oxygen atoms in total. The minimum Gasteiger partial charge on any atom is -0.508 e. The first-order valence-electron chi connectivity index (χ1n) is 8.44. The summed E-state index contributed by atoms with van der Waals surface area (Å²) in [7, 11) is 4.11. The van der Waals surface area contributed by atoms with Crippen molar-refractivity contribution < 1.29 is 9.90 Å². The Bertz CT molecular complexity index is 577. The number of rotatable bonds is 2. The molecule has 0 saturated carbocycles. The van der Waals surface area contributed by atoms with Gasteiger partial charge in [0.05, 0.1) is 0 Å². The van der Waals surface area contributed by atoms with Gasteiger partial charge in [0, 0.05) is 51.7 Å². The van der Waals surface area contributed by atoms with Crippen LogP contribution in [0.2, 0.25) is 0 Å². The lowest BCUT2D eigenvalue weighted by Crippen LogP contribution is -2.60. The van der Waals surface area contributed by atoms with E-state index in [-0.39, 0.29) is 11.4 Å². The third-order valence-corrected chi connectivity index (χ3v) is 5.54. The Hall–Kier alpha value is -1.59. The van der Waals surface area contributed by atoms with E-state index in [4.69, 9.17) is 0 Å². The fraction of sp³-hybridized carbons (Fsp3) is 0.611. The molecule has 0 radical (unpaired) electrons. The number of phenols is 1. The number of aromatic hydroxyl groups is 1. The van der Waals surface area contributed by atoms with Crippen LogP contribution in [0.1, 0.15) is 24.8 Å². The van der Waals surface area contributed by atoms with E-state index in [0.29, 0.717) is 12.2 Å². The first-order chi connectivity index (χ1) is 11.0. The molecular formula is C18H27N3O2. The van der Waals surface area contributed by atoms with Crippen molar-refractivity contribution in [3.8, 4) is 5.75 Å². The highest BCUT2D eigenvalue weighted by atomic mass is 16.3. The number of hydrogen-bond acceptors (Lipinski definition) is 4. The van der Waals surface area contributed by atoms with Gasteiger partial charge in [-0.15, -0.1) is 0 Å².